The standard InChI is InChI=1S/C39H62/c1-20-14-24-12-13-25-16-29-22(3)21(2)23(4)31-30-19-38(37(5,6)7)17-26-10-8-9-11-28(26)35(38)36(30)39(34(29)31)18-27(15-20)32(24)33(25)39/h20-36H,8-19H2,1-7H3. The van der Waals surface area contributed by atoms with Crippen molar-refractivity contribution in [2.45, 2.75) is 126 Å². The van der Waals surface area contributed by atoms with Gasteiger partial charge in [-0.05, 0) is 175 Å². The van der Waals surface area contributed by atoms with Gasteiger partial charge in [-0.15, -0.1) is 0 Å². The topological polar surface area (TPSA) is 0 Å². The Bertz CT molecular complexity index is 1020. The van der Waals surface area contributed by atoms with Crippen molar-refractivity contribution in [3.63, 3.8) is 0 Å². The third kappa shape index (κ3) is 2.83. The molecule has 0 radical (unpaired) electrons. The molecule has 39 heavy (non-hydrogen) atoms. The van der Waals surface area contributed by atoms with E-state index in [1.807, 2.05) is 0 Å². The van der Waals surface area contributed by atoms with Gasteiger partial charge < -0.3 is 0 Å². The van der Waals surface area contributed by atoms with E-state index in [0.29, 0.717) is 10.8 Å². The molecule has 9 saturated carbocycles. The molecule has 0 aliphatic heterocycles. The van der Waals surface area contributed by atoms with E-state index in [1.165, 1.54) is 0 Å². The Morgan fingerprint density at radius 3 is 2.05 bits per heavy atom. The second-order valence-corrected chi connectivity index (χ2v) is 19.7. The van der Waals surface area contributed by atoms with Crippen LogP contribution in [0, 0.1) is 117 Å². The summed E-state index contributed by atoms with van der Waals surface area (Å²) in [4.78, 5) is 0. The van der Waals surface area contributed by atoms with E-state index in [4.69, 9.17) is 0 Å². The Kier molecular flexibility index (Phi) is 5.18. The van der Waals surface area contributed by atoms with Gasteiger partial charge in [0.05, 0.1) is 0 Å². The van der Waals surface area contributed by atoms with E-state index in [9.17, 15) is 0 Å². The van der Waals surface area contributed by atoms with E-state index < -0.39 is 0 Å². The van der Waals surface area contributed by atoms with E-state index in [0.717, 1.165) is 106 Å². The summed E-state index contributed by atoms with van der Waals surface area (Å²) in [6.07, 6.45) is 19.3. The molecule has 0 N–H and O–H groups in total. The van der Waals surface area contributed by atoms with E-state index in [1.54, 1.807) is 77.0 Å². The fraction of sp³-hybridized carbons (Fsp3) is 1.00. The number of hydrogen-bond donors (Lipinski definition) is 0. The lowest BCUT2D eigenvalue weighted by Crippen LogP contribution is -2.58. The smallest absolute Gasteiger partial charge is 0.0193 e. The predicted octanol–water partition coefficient (Wildman–Crippen LogP) is 10.4. The first-order valence-corrected chi connectivity index (χ1v) is 18.6. The SMILES string of the molecule is CC1CC2CCC3CC4C(C)C(C)C(C)C5C6CC7(C(C)(C)C)CC8CCCCC8C7C6C6(CC(C1)C2C36)C45. The quantitative estimate of drug-likeness (QED) is 0.292. The van der Waals surface area contributed by atoms with Crippen LogP contribution in [0.3, 0.4) is 0 Å². The van der Waals surface area contributed by atoms with Crippen LogP contribution in [0.1, 0.15) is 126 Å². The van der Waals surface area contributed by atoms with Crippen molar-refractivity contribution in [2.24, 2.45) is 117 Å². The van der Waals surface area contributed by atoms with Gasteiger partial charge in [0.15, 0.2) is 0 Å². The molecular formula is C39H62. The maximum absolute atomic E-state index is 2.79. The van der Waals surface area contributed by atoms with Crippen LogP contribution in [-0.4, -0.2) is 0 Å². The summed E-state index contributed by atoms with van der Waals surface area (Å²) in [6, 6.07) is 0. The first-order valence-electron chi connectivity index (χ1n) is 18.6. The molecule has 0 aromatic rings. The summed E-state index contributed by atoms with van der Waals surface area (Å²) in [5, 5.41) is 0. The van der Waals surface area contributed by atoms with E-state index >= 15 is 0 Å². The largest absolute Gasteiger partial charge is 0.0625 e. The van der Waals surface area contributed by atoms with E-state index in [-0.39, 0.29) is 0 Å². The lowest BCUT2D eigenvalue weighted by atomic mass is 9.41. The highest BCUT2D eigenvalue weighted by Crippen LogP contribution is 2.87. The molecule has 9 fully saturated rings. The molecule has 0 bridgehead atoms. The summed E-state index contributed by atoms with van der Waals surface area (Å²) in [5.74, 6) is 18.1. The predicted molar refractivity (Wildman–Crippen MR) is 162 cm³/mol. The van der Waals surface area contributed by atoms with Crippen molar-refractivity contribution in [1.82, 2.24) is 0 Å². The lowest BCUT2D eigenvalue weighted by molar-refractivity contribution is -0.157. The van der Waals surface area contributed by atoms with Crippen molar-refractivity contribution >= 4 is 0 Å². The maximum atomic E-state index is 2.79. The van der Waals surface area contributed by atoms with Gasteiger partial charge in [0.25, 0.3) is 0 Å². The Morgan fingerprint density at radius 2 is 1.26 bits per heavy atom. The molecule has 19 unspecified atom stereocenters. The molecule has 9 aliphatic rings. The van der Waals surface area contributed by atoms with Crippen LogP contribution in [0.15, 0.2) is 0 Å². The van der Waals surface area contributed by atoms with Crippen LogP contribution in [0.4, 0.5) is 0 Å². The van der Waals surface area contributed by atoms with Crippen LogP contribution < -0.4 is 0 Å². The molecule has 0 nitrogen and oxygen atoms in total. The van der Waals surface area contributed by atoms with Gasteiger partial charge in [-0.25, -0.2) is 0 Å². The van der Waals surface area contributed by atoms with Crippen molar-refractivity contribution in [2.75, 3.05) is 0 Å². The third-order valence-electron chi connectivity index (χ3n) is 18.3. The van der Waals surface area contributed by atoms with Crippen molar-refractivity contribution in [3.05, 3.63) is 0 Å². The lowest BCUT2D eigenvalue weighted by Gasteiger charge is -2.63. The molecular weight excluding hydrogens is 468 g/mol. The van der Waals surface area contributed by atoms with Gasteiger partial charge in [0, 0.05) is 0 Å². The minimum absolute atomic E-state index is 0.477. The van der Waals surface area contributed by atoms with Crippen molar-refractivity contribution in [3.8, 4) is 0 Å². The van der Waals surface area contributed by atoms with Gasteiger partial charge in [-0.3, -0.25) is 0 Å². The minimum Gasteiger partial charge on any atom is -0.0625 e. The molecule has 19 atom stereocenters. The average molecular weight is 531 g/mol. The molecule has 0 heterocycles. The Balaban J connectivity index is 1.27. The van der Waals surface area contributed by atoms with Gasteiger partial charge in [0.1, 0.15) is 0 Å². The molecule has 0 aromatic carbocycles. The van der Waals surface area contributed by atoms with E-state index in [2.05, 4.69) is 48.5 Å². The summed E-state index contributed by atoms with van der Waals surface area (Å²) in [7, 11) is 0. The molecule has 0 amide bonds. The first-order chi connectivity index (χ1) is 18.6. The fourth-order valence-electron chi connectivity index (χ4n) is 17.6. The molecule has 9 aliphatic carbocycles. The molecule has 0 aromatic heterocycles. The highest BCUT2D eigenvalue weighted by molar-refractivity contribution is 5.29. The van der Waals surface area contributed by atoms with Gasteiger partial charge >= 0.3 is 0 Å². The highest BCUT2D eigenvalue weighted by atomic mass is 14.9. The Hall–Kier alpha value is 0. The third-order valence-corrected chi connectivity index (χ3v) is 18.3. The summed E-state index contributed by atoms with van der Waals surface area (Å²) in [5.41, 5.74) is 1.86. The maximum Gasteiger partial charge on any atom is -0.0193 e. The van der Waals surface area contributed by atoms with Gasteiger partial charge in [-0.1, -0.05) is 67.7 Å². The Labute approximate surface area is 242 Å². The number of rotatable bonds is 0. The number of hydrogen-bond acceptors (Lipinski definition) is 0. The second kappa shape index (κ2) is 7.93. The summed E-state index contributed by atoms with van der Waals surface area (Å²) < 4.78 is 0. The average Bonchev–Trinajstić information content (AvgIpc) is 3.58. The van der Waals surface area contributed by atoms with Crippen LogP contribution in [0.2, 0.25) is 0 Å². The number of fused-ring (bicyclic) bond motifs is 6. The van der Waals surface area contributed by atoms with Crippen LogP contribution in [0.25, 0.3) is 0 Å². The fourth-order valence-corrected chi connectivity index (χ4v) is 17.6. The van der Waals surface area contributed by atoms with Crippen LogP contribution in [0.5, 0.6) is 0 Å². The molecule has 0 heteroatoms. The zero-order valence-electron chi connectivity index (χ0n) is 26.8. The Morgan fingerprint density at radius 1 is 0.513 bits per heavy atom. The normalized spacial score (nSPS) is 66.1. The van der Waals surface area contributed by atoms with Gasteiger partial charge in [0.2, 0.25) is 0 Å². The van der Waals surface area contributed by atoms with Crippen molar-refractivity contribution in [1.29, 1.82) is 0 Å². The molecule has 0 saturated heterocycles. The van der Waals surface area contributed by atoms with Crippen LogP contribution in [-0.2, 0) is 0 Å². The molecule has 1 spiro atoms. The summed E-state index contributed by atoms with van der Waals surface area (Å²) in [6.45, 7) is 19.1. The zero-order chi connectivity index (χ0) is 26.8. The molecule has 9 rings (SSSR count). The van der Waals surface area contributed by atoms with Crippen LogP contribution >= 0.6 is 0 Å². The zero-order valence-corrected chi connectivity index (χ0v) is 26.8. The summed E-state index contributed by atoms with van der Waals surface area (Å²) >= 11 is 0. The highest BCUT2D eigenvalue weighted by Gasteiger charge is 2.81. The van der Waals surface area contributed by atoms with Crippen molar-refractivity contribution < 1.29 is 0 Å². The molecule has 218 valence electrons. The first kappa shape index (κ1) is 25.5. The second-order valence-electron chi connectivity index (χ2n) is 19.7. The monoisotopic (exact) mass is 530 g/mol. The van der Waals surface area contributed by atoms with Gasteiger partial charge in [-0.2, -0.15) is 0 Å². The minimum atomic E-state index is 0.477.